The molecule has 2 rings (SSSR count). The van der Waals surface area contributed by atoms with Crippen molar-refractivity contribution in [3.05, 3.63) is 16.8 Å². The van der Waals surface area contributed by atoms with Crippen molar-refractivity contribution in [2.24, 2.45) is 16.8 Å². The van der Waals surface area contributed by atoms with Gasteiger partial charge in [-0.15, -0.1) is 5.10 Å². The fourth-order valence-electron chi connectivity index (χ4n) is 2.85. The van der Waals surface area contributed by atoms with Crippen LogP contribution in [0.1, 0.15) is 36.1 Å². The quantitative estimate of drug-likeness (QED) is 0.328. The van der Waals surface area contributed by atoms with Crippen LogP contribution in [0.5, 0.6) is 0 Å². The van der Waals surface area contributed by atoms with Gasteiger partial charge in [0.05, 0.1) is 11.3 Å². The first-order valence-electron chi connectivity index (χ1n) is 7.26. The highest BCUT2D eigenvalue weighted by Crippen LogP contribution is 2.27. The lowest BCUT2D eigenvalue weighted by atomic mass is 9.94. The first-order chi connectivity index (χ1) is 10.1. The first kappa shape index (κ1) is 15.5. The Balaban J connectivity index is 2.37. The minimum atomic E-state index is 0.0600. The molecule has 1 atom stereocenters. The van der Waals surface area contributed by atoms with E-state index in [-0.39, 0.29) is 12.4 Å². The van der Waals surface area contributed by atoms with Gasteiger partial charge in [-0.2, -0.15) is 5.10 Å². The zero-order valence-electron chi connectivity index (χ0n) is 12.6. The van der Waals surface area contributed by atoms with E-state index in [1.807, 2.05) is 13.8 Å². The van der Waals surface area contributed by atoms with Crippen LogP contribution in [0.15, 0.2) is 5.16 Å². The van der Waals surface area contributed by atoms with E-state index in [1.165, 1.54) is 0 Å². The highest BCUT2D eigenvalue weighted by molar-refractivity contribution is 6.02. The number of aliphatic hydroxyl groups excluding tert-OH is 1. The van der Waals surface area contributed by atoms with Crippen LogP contribution in [-0.4, -0.2) is 46.0 Å². The molecule has 1 aromatic heterocycles. The van der Waals surface area contributed by atoms with Gasteiger partial charge in [0.25, 0.3) is 0 Å². The molecule has 1 aliphatic rings. The molecule has 0 aromatic carbocycles. The normalized spacial score (nSPS) is 19.9. The Hall–Kier alpha value is -1.89. The molecular weight excluding hydrogens is 270 g/mol. The SMILES string of the molecule is Cc1nnc(N2CCCC(CCO)C2)c(C(N)=NO)c1C. The molecule has 0 bridgehead atoms. The average Bonchev–Trinajstić information content (AvgIpc) is 2.49. The molecule has 7 nitrogen and oxygen atoms in total. The number of aryl methyl sites for hydroxylation is 1. The highest BCUT2D eigenvalue weighted by atomic mass is 16.4. The van der Waals surface area contributed by atoms with Gasteiger partial charge in [0, 0.05) is 19.7 Å². The van der Waals surface area contributed by atoms with Gasteiger partial charge in [-0.1, -0.05) is 5.16 Å². The van der Waals surface area contributed by atoms with Gasteiger partial charge < -0.3 is 20.9 Å². The van der Waals surface area contributed by atoms with Crippen LogP contribution >= 0.6 is 0 Å². The lowest BCUT2D eigenvalue weighted by Gasteiger charge is -2.34. The second-order valence-corrected chi connectivity index (χ2v) is 5.56. The number of hydrogen-bond acceptors (Lipinski definition) is 6. The molecule has 0 radical (unpaired) electrons. The summed E-state index contributed by atoms with van der Waals surface area (Å²) in [7, 11) is 0. The highest BCUT2D eigenvalue weighted by Gasteiger charge is 2.25. The van der Waals surface area contributed by atoms with Gasteiger partial charge in [0.15, 0.2) is 11.7 Å². The third kappa shape index (κ3) is 3.24. The van der Waals surface area contributed by atoms with Gasteiger partial charge in [0.1, 0.15) is 0 Å². The Labute approximate surface area is 124 Å². The molecule has 4 N–H and O–H groups in total. The molecule has 0 spiro atoms. The number of piperidine rings is 1. The second-order valence-electron chi connectivity index (χ2n) is 5.56. The van der Waals surface area contributed by atoms with Crippen molar-refractivity contribution >= 4 is 11.7 Å². The summed E-state index contributed by atoms with van der Waals surface area (Å²) in [5.74, 6) is 1.16. The number of aromatic nitrogens is 2. The average molecular weight is 293 g/mol. The van der Waals surface area contributed by atoms with Crippen molar-refractivity contribution in [1.82, 2.24) is 10.2 Å². The Morgan fingerprint density at radius 1 is 1.43 bits per heavy atom. The van der Waals surface area contributed by atoms with E-state index in [9.17, 15) is 0 Å². The fraction of sp³-hybridized carbons (Fsp3) is 0.643. The van der Waals surface area contributed by atoms with Crippen molar-refractivity contribution in [2.45, 2.75) is 33.1 Å². The fourth-order valence-corrected chi connectivity index (χ4v) is 2.85. The van der Waals surface area contributed by atoms with Crippen molar-refractivity contribution in [1.29, 1.82) is 0 Å². The summed E-state index contributed by atoms with van der Waals surface area (Å²) >= 11 is 0. The third-order valence-electron chi connectivity index (χ3n) is 4.16. The van der Waals surface area contributed by atoms with Crippen LogP contribution in [0, 0.1) is 19.8 Å². The molecule has 0 amide bonds. The minimum Gasteiger partial charge on any atom is -0.409 e. The van der Waals surface area contributed by atoms with Crippen LogP contribution in [-0.2, 0) is 0 Å². The predicted molar refractivity (Wildman–Crippen MR) is 80.7 cm³/mol. The molecule has 21 heavy (non-hydrogen) atoms. The number of nitrogens with zero attached hydrogens (tertiary/aromatic N) is 4. The van der Waals surface area contributed by atoms with Crippen molar-refractivity contribution in [3.63, 3.8) is 0 Å². The molecule has 1 aromatic rings. The summed E-state index contributed by atoms with van der Waals surface area (Å²) in [4.78, 5) is 2.12. The second kappa shape index (κ2) is 6.71. The zero-order chi connectivity index (χ0) is 15.4. The molecule has 2 heterocycles. The van der Waals surface area contributed by atoms with Gasteiger partial charge in [-0.3, -0.25) is 0 Å². The number of hydrogen-bond donors (Lipinski definition) is 3. The zero-order valence-corrected chi connectivity index (χ0v) is 12.6. The molecular formula is C14H23N5O2. The number of rotatable bonds is 4. The van der Waals surface area contributed by atoms with E-state index in [0.29, 0.717) is 17.3 Å². The standard InChI is InChI=1S/C14H23N5O2/c1-9-10(2)16-17-14(12(9)13(15)18-21)19-6-3-4-11(8-19)5-7-20/h11,20-21H,3-8H2,1-2H3,(H2,15,18). The number of aliphatic hydroxyl groups is 1. The summed E-state index contributed by atoms with van der Waals surface area (Å²) in [6, 6.07) is 0. The van der Waals surface area contributed by atoms with Crippen molar-refractivity contribution in [3.8, 4) is 0 Å². The lowest BCUT2D eigenvalue weighted by Crippen LogP contribution is -2.38. The Kier molecular flexibility index (Phi) is 4.95. The summed E-state index contributed by atoms with van der Waals surface area (Å²) in [5.41, 5.74) is 8.12. The van der Waals surface area contributed by atoms with Gasteiger partial charge in [-0.05, 0) is 44.6 Å². The van der Waals surface area contributed by atoms with Crippen LogP contribution in [0.2, 0.25) is 0 Å². The third-order valence-corrected chi connectivity index (χ3v) is 4.16. The van der Waals surface area contributed by atoms with Crippen LogP contribution in [0.3, 0.4) is 0 Å². The van der Waals surface area contributed by atoms with Crippen LogP contribution < -0.4 is 10.6 Å². The largest absolute Gasteiger partial charge is 0.409 e. The molecule has 0 saturated carbocycles. The molecule has 7 heteroatoms. The van der Waals surface area contributed by atoms with E-state index in [0.717, 1.165) is 43.6 Å². The summed E-state index contributed by atoms with van der Waals surface area (Å²) in [6.45, 7) is 5.62. The maximum absolute atomic E-state index is 9.12. The molecule has 0 aliphatic carbocycles. The van der Waals surface area contributed by atoms with Gasteiger partial charge in [0.2, 0.25) is 0 Å². The first-order valence-corrected chi connectivity index (χ1v) is 7.26. The molecule has 1 fully saturated rings. The maximum atomic E-state index is 9.12. The number of nitrogens with two attached hydrogens (primary N) is 1. The minimum absolute atomic E-state index is 0.0600. The molecule has 1 unspecified atom stereocenters. The number of amidine groups is 1. The van der Waals surface area contributed by atoms with E-state index in [1.54, 1.807) is 0 Å². The lowest BCUT2D eigenvalue weighted by molar-refractivity contribution is 0.244. The maximum Gasteiger partial charge on any atom is 0.174 e. The summed E-state index contributed by atoms with van der Waals surface area (Å²) < 4.78 is 0. The van der Waals surface area contributed by atoms with E-state index in [2.05, 4.69) is 20.3 Å². The smallest absolute Gasteiger partial charge is 0.174 e. The predicted octanol–water partition coefficient (Wildman–Crippen LogP) is 0.787. The Morgan fingerprint density at radius 2 is 2.19 bits per heavy atom. The Bertz CT molecular complexity index is 530. The van der Waals surface area contributed by atoms with Crippen LogP contribution in [0.4, 0.5) is 5.82 Å². The summed E-state index contributed by atoms with van der Waals surface area (Å²) in [5, 5.41) is 29.7. The molecule has 1 saturated heterocycles. The van der Waals surface area contributed by atoms with E-state index >= 15 is 0 Å². The van der Waals surface area contributed by atoms with Crippen molar-refractivity contribution < 1.29 is 10.3 Å². The van der Waals surface area contributed by atoms with Gasteiger partial charge >= 0.3 is 0 Å². The monoisotopic (exact) mass is 293 g/mol. The van der Waals surface area contributed by atoms with E-state index < -0.39 is 0 Å². The number of oxime groups is 1. The van der Waals surface area contributed by atoms with Crippen LogP contribution in [0.25, 0.3) is 0 Å². The van der Waals surface area contributed by atoms with Crippen molar-refractivity contribution in [2.75, 3.05) is 24.6 Å². The molecule has 116 valence electrons. The topological polar surface area (TPSA) is 108 Å². The Morgan fingerprint density at radius 3 is 2.86 bits per heavy atom. The molecule has 1 aliphatic heterocycles. The number of anilines is 1. The summed E-state index contributed by atoms with van der Waals surface area (Å²) in [6.07, 6.45) is 2.93. The van der Waals surface area contributed by atoms with Gasteiger partial charge in [-0.25, -0.2) is 0 Å². The van der Waals surface area contributed by atoms with E-state index in [4.69, 9.17) is 16.0 Å².